The predicted molar refractivity (Wildman–Crippen MR) is 127 cm³/mol. The molecule has 166 valence electrons. The number of thiocarbonyl (C=S) groups is 1. The molecule has 0 atom stereocenters. The molecule has 6 nitrogen and oxygen atoms in total. The average Bonchev–Trinajstić information content (AvgIpc) is 2.73. The maximum Gasteiger partial charge on any atom is 0.338 e. The molecule has 2 aromatic rings. The van der Waals surface area contributed by atoms with Gasteiger partial charge in [0.2, 0.25) is 5.91 Å². The maximum atomic E-state index is 12.0. The molecule has 0 saturated heterocycles. The van der Waals surface area contributed by atoms with Gasteiger partial charge in [0.1, 0.15) is 5.75 Å². The highest BCUT2D eigenvalue weighted by molar-refractivity contribution is 7.80. The molecule has 0 aliphatic rings. The Kier molecular flexibility index (Phi) is 10.6. The summed E-state index contributed by atoms with van der Waals surface area (Å²) >= 11 is 17.0. The first kappa shape index (κ1) is 24.9. The van der Waals surface area contributed by atoms with Crippen LogP contribution in [0.1, 0.15) is 43.0 Å². The lowest BCUT2D eigenvalue weighted by Gasteiger charge is -2.11. The lowest BCUT2D eigenvalue weighted by molar-refractivity contribution is -0.119. The number of hydrogen-bond donors (Lipinski definition) is 2. The van der Waals surface area contributed by atoms with E-state index in [-0.39, 0.29) is 23.4 Å². The molecule has 0 saturated carbocycles. The highest BCUT2D eigenvalue weighted by atomic mass is 35.5. The summed E-state index contributed by atoms with van der Waals surface area (Å²) in [5.74, 6) is -0.0845. The summed E-state index contributed by atoms with van der Waals surface area (Å²) in [6, 6.07) is 11.6. The molecule has 2 aromatic carbocycles. The first-order valence-electron chi connectivity index (χ1n) is 9.85. The quantitative estimate of drug-likeness (QED) is 0.260. The normalized spacial score (nSPS) is 10.3. The number of esters is 1. The van der Waals surface area contributed by atoms with Gasteiger partial charge in [-0.1, -0.05) is 36.5 Å². The van der Waals surface area contributed by atoms with Gasteiger partial charge in [-0.25, -0.2) is 4.79 Å². The van der Waals surface area contributed by atoms with Crippen molar-refractivity contribution in [2.45, 2.75) is 32.6 Å². The number of rotatable bonds is 10. The molecule has 0 bridgehead atoms. The molecule has 0 fully saturated rings. The third kappa shape index (κ3) is 9.12. The van der Waals surface area contributed by atoms with Crippen LogP contribution in [0, 0.1) is 0 Å². The summed E-state index contributed by atoms with van der Waals surface area (Å²) in [5, 5.41) is 6.63. The summed E-state index contributed by atoms with van der Waals surface area (Å²) in [5.41, 5.74) is 1.11. The molecular weight excluding hydrogens is 459 g/mol. The first-order chi connectivity index (χ1) is 14.9. The number of nitrogens with one attached hydrogen (secondary N) is 2. The Labute approximate surface area is 197 Å². The average molecular weight is 483 g/mol. The number of ether oxygens (including phenoxy) is 2. The largest absolute Gasteiger partial charge is 0.492 e. The summed E-state index contributed by atoms with van der Waals surface area (Å²) < 4.78 is 10.7. The van der Waals surface area contributed by atoms with Gasteiger partial charge < -0.3 is 20.1 Å². The van der Waals surface area contributed by atoms with Gasteiger partial charge in [0.25, 0.3) is 0 Å². The molecule has 0 aromatic heterocycles. The van der Waals surface area contributed by atoms with Gasteiger partial charge in [0, 0.05) is 17.1 Å². The minimum atomic E-state index is -0.363. The number of carbonyl (C=O) groups is 2. The highest BCUT2D eigenvalue weighted by Gasteiger charge is 2.09. The summed E-state index contributed by atoms with van der Waals surface area (Å²) in [6.45, 7) is 2.76. The molecule has 2 N–H and O–H groups in total. The molecule has 2 rings (SSSR count). The van der Waals surface area contributed by atoms with E-state index in [9.17, 15) is 9.59 Å². The van der Waals surface area contributed by atoms with Gasteiger partial charge in [-0.3, -0.25) is 4.79 Å². The molecular formula is C22H24Cl2N2O4S. The fourth-order valence-electron chi connectivity index (χ4n) is 2.44. The molecule has 31 heavy (non-hydrogen) atoms. The van der Waals surface area contributed by atoms with Crippen molar-refractivity contribution >= 4 is 58.1 Å². The number of hydrogen-bond acceptors (Lipinski definition) is 5. The van der Waals surface area contributed by atoms with Gasteiger partial charge in [-0.15, -0.1) is 0 Å². The lowest BCUT2D eigenvalue weighted by atomic mass is 10.2. The van der Waals surface area contributed by atoms with E-state index < -0.39 is 0 Å². The third-order valence-electron chi connectivity index (χ3n) is 4.06. The molecule has 0 unspecified atom stereocenters. The van der Waals surface area contributed by atoms with E-state index in [2.05, 4.69) is 10.6 Å². The smallest absolute Gasteiger partial charge is 0.338 e. The standard InChI is InChI=1S/C22H24Cl2N2O4S/c1-2-3-12-30-21(28)15-6-9-17(10-7-15)25-22(31)26-20(27)5-4-13-29-19-11-8-16(23)14-18(19)24/h6-11,14H,2-5,12-13H2,1H3,(H2,25,26,27,31). The van der Waals surface area contributed by atoms with Crippen LogP contribution >= 0.6 is 35.4 Å². The van der Waals surface area contributed by atoms with Crippen molar-refractivity contribution in [1.82, 2.24) is 5.32 Å². The van der Waals surface area contributed by atoms with Crippen molar-refractivity contribution in [3.05, 3.63) is 58.1 Å². The minimum absolute atomic E-state index is 0.171. The van der Waals surface area contributed by atoms with E-state index in [4.69, 9.17) is 44.9 Å². The van der Waals surface area contributed by atoms with Crippen molar-refractivity contribution in [3.63, 3.8) is 0 Å². The van der Waals surface area contributed by atoms with Crippen LogP contribution in [0.2, 0.25) is 10.0 Å². The van der Waals surface area contributed by atoms with Crippen LogP contribution in [-0.2, 0) is 9.53 Å². The fourth-order valence-corrected chi connectivity index (χ4v) is 3.14. The van der Waals surface area contributed by atoms with E-state index in [0.717, 1.165) is 12.8 Å². The monoisotopic (exact) mass is 482 g/mol. The van der Waals surface area contributed by atoms with Gasteiger partial charge >= 0.3 is 5.97 Å². The van der Waals surface area contributed by atoms with Crippen LogP contribution in [0.25, 0.3) is 0 Å². The maximum absolute atomic E-state index is 12.0. The van der Waals surface area contributed by atoms with Crippen molar-refractivity contribution < 1.29 is 19.1 Å². The minimum Gasteiger partial charge on any atom is -0.492 e. The molecule has 0 aliphatic carbocycles. The van der Waals surface area contributed by atoms with Crippen molar-refractivity contribution in [3.8, 4) is 5.75 Å². The van der Waals surface area contributed by atoms with E-state index in [1.54, 1.807) is 42.5 Å². The molecule has 0 heterocycles. The number of amides is 1. The number of unbranched alkanes of at least 4 members (excludes halogenated alkanes) is 1. The molecule has 0 spiro atoms. The van der Waals surface area contributed by atoms with Gasteiger partial charge in [0.15, 0.2) is 5.11 Å². The third-order valence-corrected chi connectivity index (χ3v) is 4.80. The Morgan fingerprint density at radius 3 is 2.45 bits per heavy atom. The van der Waals surface area contributed by atoms with E-state index >= 15 is 0 Å². The number of anilines is 1. The number of benzene rings is 2. The van der Waals surface area contributed by atoms with Crippen LogP contribution in [0.5, 0.6) is 5.75 Å². The van der Waals surface area contributed by atoms with Crippen molar-refractivity contribution in [1.29, 1.82) is 0 Å². The summed E-state index contributed by atoms with van der Waals surface area (Å²) in [7, 11) is 0. The molecule has 9 heteroatoms. The number of carbonyl (C=O) groups excluding carboxylic acids is 2. The fraction of sp³-hybridized carbons (Fsp3) is 0.318. The SMILES string of the molecule is CCCCOC(=O)c1ccc(NC(=S)NC(=O)CCCOc2ccc(Cl)cc2Cl)cc1. The molecule has 0 aliphatic heterocycles. The van der Waals surface area contributed by atoms with Crippen LogP contribution in [0.4, 0.5) is 5.69 Å². The summed E-state index contributed by atoms with van der Waals surface area (Å²) in [6.07, 6.45) is 2.52. The van der Waals surface area contributed by atoms with Crippen molar-refractivity contribution in [2.24, 2.45) is 0 Å². The van der Waals surface area contributed by atoms with Crippen molar-refractivity contribution in [2.75, 3.05) is 18.5 Å². The van der Waals surface area contributed by atoms with Crippen LogP contribution < -0.4 is 15.4 Å². The molecule has 1 amide bonds. The zero-order chi connectivity index (χ0) is 22.6. The Morgan fingerprint density at radius 1 is 1.03 bits per heavy atom. The highest BCUT2D eigenvalue weighted by Crippen LogP contribution is 2.27. The zero-order valence-corrected chi connectivity index (χ0v) is 19.4. The van der Waals surface area contributed by atoms with E-state index in [1.807, 2.05) is 6.92 Å². The second-order valence-corrected chi connectivity index (χ2v) is 7.85. The van der Waals surface area contributed by atoms with Gasteiger partial charge in [-0.05, 0) is 67.5 Å². The Hall–Kier alpha value is -2.35. The lowest BCUT2D eigenvalue weighted by Crippen LogP contribution is -2.34. The zero-order valence-electron chi connectivity index (χ0n) is 17.1. The predicted octanol–water partition coefficient (Wildman–Crippen LogP) is 5.62. The van der Waals surface area contributed by atoms with Crippen LogP contribution in [-0.4, -0.2) is 30.2 Å². The van der Waals surface area contributed by atoms with Gasteiger partial charge in [-0.2, -0.15) is 0 Å². The van der Waals surface area contributed by atoms with E-state index in [0.29, 0.717) is 46.7 Å². The Morgan fingerprint density at radius 2 is 1.77 bits per heavy atom. The first-order valence-corrected chi connectivity index (χ1v) is 11.0. The van der Waals surface area contributed by atoms with Crippen LogP contribution in [0.15, 0.2) is 42.5 Å². The molecule has 0 radical (unpaired) electrons. The van der Waals surface area contributed by atoms with Gasteiger partial charge in [0.05, 0.1) is 23.8 Å². The second kappa shape index (κ2) is 13.1. The second-order valence-electron chi connectivity index (χ2n) is 6.60. The van der Waals surface area contributed by atoms with Crippen LogP contribution in [0.3, 0.4) is 0 Å². The van der Waals surface area contributed by atoms with E-state index in [1.165, 1.54) is 0 Å². The summed E-state index contributed by atoms with van der Waals surface area (Å²) in [4.78, 5) is 23.9. The Bertz CT molecular complexity index is 907. The topological polar surface area (TPSA) is 76.7 Å². The Balaban J connectivity index is 1.69. The number of halogens is 2.